The highest BCUT2D eigenvalue weighted by molar-refractivity contribution is 7.81. The molecule has 0 atom stereocenters. The lowest BCUT2D eigenvalue weighted by Crippen LogP contribution is -2.12. The van der Waals surface area contributed by atoms with Gasteiger partial charge in [-0.25, -0.2) is 0 Å². The molecular weight excluding hydrogens is 180 g/mol. The predicted molar refractivity (Wildman–Crippen MR) is 47.5 cm³/mol. The monoisotopic (exact) mass is 194 g/mol. The summed E-state index contributed by atoms with van der Waals surface area (Å²) in [6.45, 7) is 1.77. The zero-order valence-electron chi connectivity index (χ0n) is 7.12. The molecule has 0 radical (unpaired) electrons. The summed E-state index contributed by atoms with van der Waals surface area (Å²) in [5, 5.41) is 0. The third kappa shape index (κ3) is 7.84. The molecule has 0 heterocycles. The molecule has 5 heteroatoms. The van der Waals surface area contributed by atoms with Crippen LogP contribution in [-0.4, -0.2) is 45.3 Å². The van der Waals surface area contributed by atoms with Crippen molar-refractivity contribution in [2.45, 2.75) is 0 Å². The smallest absolute Gasteiger partial charge is 0.315 e. The fourth-order valence-electron chi connectivity index (χ4n) is 0.504. The van der Waals surface area contributed by atoms with Crippen LogP contribution in [0.4, 0.5) is 0 Å². The number of thiol groups is 1. The Morgan fingerprint density at radius 1 is 1.25 bits per heavy atom. The van der Waals surface area contributed by atoms with Crippen LogP contribution in [0, 0.1) is 0 Å². The van der Waals surface area contributed by atoms with Gasteiger partial charge in [-0.1, -0.05) is 0 Å². The Labute approximate surface area is 77.6 Å². The van der Waals surface area contributed by atoms with Crippen LogP contribution in [0.15, 0.2) is 0 Å². The highest BCUT2D eigenvalue weighted by Gasteiger charge is 1.96. The van der Waals surface area contributed by atoms with E-state index in [1.165, 1.54) is 0 Å². The fourth-order valence-corrected chi connectivity index (χ4v) is 0.596. The van der Waals surface area contributed by atoms with Crippen LogP contribution in [0.5, 0.6) is 0 Å². The van der Waals surface area contributed by atoms with E-state index in [0.717, 1.165) is 0 Å². The molecule has 4 nitrogen and oxygen atoms in total. The topological polar surface area (TPSA) is 44.8 Å². The molecule has 0 spiro atoms. The first-order valence-electron chi connectivity index (χ1n) is 3.64. The summed E-state index contributed by atoms with van der Waals surface area (Å²) in [7, 11) is 1.60. The third-order valence-corrected chi connectivity index (χ3v) is 1.31. The van der Waals surface area contributed by atoms with Crippen LogP contribution >= 0.6 is 12.6 Å². The van der Waals surface area contributed by atoms with E-state index in [4.69, 9.17) is 14.2 Å². The van der Waals surface area contributed by atoms with Gasteiger partial charge >= 0.3 is 5.97 Å². The predicted octanol–water partition coefficient (Wildman–Crippen LogP) is 0.122. The van der Waals surface area contributed by atoms with Gasteiger partial charge in [0, 0.05) is 7.11 Å². The van der Waals surface area contributed by atoms with Gasteiger partial charge in [0.25, 0.3) is 0 Å². The molecule has 0 aromatic carbocycles. The summed E-state index contributed by atoms with van der Waals surface area (Å²) >= 11 is 3.74. The largest absolute Gasteiger partial charge is 0.463 e. The van der Waals surface area contributed by atoms with Crippen molar-refractivity contribution in [3.8, 4) is 0 Å². The molecule has 0 amide bonds. The van der Waals surface area contributed by atoms with Crippen molar-refractivity contribution in [2.24, 2.45) is 0 Å². The van der Waals surface area contributed by atoms with Gasteiger partial charge in [-0.05, 0) is 0 Å². The van der Waals surface area contributed by atoms with Crippen molar-refractivity contribution >= 4 is 18.6 Å². The number of hydrogen-bond donors (Lipinski definition) is 1. The Hall–Kier alpha value is -0.260. The van der Waals surface area contributed by atoms with E-state index in [2.05, 4.69) is 12.6 Å². The van der Waals surface area contributed by atoms with Crippen LogP contribution in [0.2, 0.25) is 0 Å². The van der Waals surface area contributed by atoms with Gasteiger partial charge in [0.2, 0.25) is 0 Å². The standard InChI is InChI=1S/C7H14O4S/c1-9-2-3-10-4-5-11-7(8)6-12/h12H,2-6H2,1H3. The van der Waals surface area contributed by atoms with E-state index in [1.807, 2.05) is 0 Å². The maximum atomic E-state index is 10.5. The van der Waals surface area contributed by atoms with Crippen molar-refractivity contribution in [1.82, 2.24) is 0 Å². The van der Waals surface area contributed by atoms with Crippen LogP contribution in [0.1, 0.15) is 0 Å². The van der Waals surface area contributed by atoms with Crippen LogP contribution in [-0.2, 0) is 19.0 Å². The highest BCUT2D eigenvalue weighted by Crippen LogP contribution is 1.83. The van der Waals surface area contributed by atoms with Crippen LogP contribution in [0.3, 0.4) is 0 Å². The number of hydrogen-bond acceptors (Lipinski definition) is 5. The molecule has 0 bridgehead atoms. The molecule has 0 saturated heterocycles. The Kier molecular flexibility index (Phi) is 8.64. The minimum Gasteiger partial charge on any atom is -0.463 e. The van der Waals surface area contributed by atoms with Gasteiger partial charge in [-0.15, -0.1) is 0 Å². The molecule has 72 valence electrons. The quantitative estimate of drug-likeness (QED) is 0.355. The highest BCUT2D eigenvalue weighted by atomic mass is 32.1. The number of carbonyl (C=O) groups excluding carboxylic acids is 1. The third-order valence-electron chi connectivity index (χ3n) is 1.05. The van der Waals surface area contributed by atoms with Crippen LogP contribution < -0.4 is 0 Å². The molecule has 0 aliphatic heterocycles. The van der Waals surface area contributed by atoms with Crippen molar-refractivity contribution in [1.29, 1.82) is 0 Å². The van der Waals surface area contributed by atoms with Gasteiger partial charge in [0.1, 0.15) is 6.61 Å². The maximum absolute atomic E-state index is 10.5. The summed E-state index contributed by atoms with van der Waals surface area (Å²) in [5.74, 6) is -0.216. The minimum atomic E-state index is -0.325. The van der Waals surface area contributed by atoms with E-state index in [1.54, 1.807) is 7.11 Å². The van der Waals surface area contributed by atoms with E-state index in [0.29, 0.717) is 19.8 Å². The molecule has 0 aromatic rings. The van der Waals surface area contributed by atoms with E-state index in [-0.39, 0.29) is 18.3 Å². The Morgan fingerprint density at radius 3 is 2.50 bits per heavy atom. The van der Waals surface area contributed by atoms with E-state index < -0.39 is 0 Å². The lowest BCUT2D eigenvalue weighted by atomic mass is 10.7. The molecule has 0 aliphatic carbocycles. The van der Waals surface area contributed by atoms with Gasteiger partial charge in [-0.2, -0.15) is 12.6 Å². The summed E-state index contributed by atoms with van der Waals surface area (Å²) in [5.41, 5.74) is 0. The summed E-state index contributed by atoms with van der Waals surface area (Å²) in [6.07, 6.45) is 0. The first kappa shape index (κ1) is 11.7. The molecule has 0 rings (SSSR count). The fraction of sp³-hybridized carbons (Fsp3) is 0.857. The van der Waals surface area contributed by atoms with E-state index in [9.17, 15) is 4.79 Å². The summed E-state index contributed by atoms with van der Waals surface area (Å²) in [6, 6.07) is 0. The molecular formula is C7H14O4S. The van der Waals surface area contributed by atoms with Gasteiger partial charge in [0.15, 0.2) is 0 Å². The van der Waals surface area contributed by atoms with Crippen molar-refractivity contribution in [3.63, 3.8) is 0 Å². The summed E-state index contributed by atoms with van der Waals surface area (Å²) < 4.78 is 14.5. The lowest BCUT2D eigenvalue weighted by molar-refractivity contribution is -0.142. The number of esters is 1. The zero-order valence-corrected chi connectivity index (χ0v) is 8.01. The average molecular weight is 194 g/mol. The second kappa shape index (κ2) is 8.83. The first-order valence-corrected chi connectivity index (χ1v) is 4.27. The first-order chi connectivity index (χ1) is 5.81. The number of ether oxygens (including phenoxy) is 3. The number of carbonyl (C=O) groups is 1. The molecule has 0 N–H and O–H groups in total. The van der Waals surface area contributed by atoms with Crippen molar-refractivity contribution in [2.75, 3.05) is 39.3 Å². The average Bonchev–Trinajstić information content (AvgIpc) is 2.10. The number of rotatable bonds is 7. The molecule has 0 unspecified atom stereocenters. The lowest BCUT2D eigenvalue weighted by Gasteiger charge is -2.03. The normalized spacial score (nSPS) is 9.83. The van der Waals surface area contributed by atoms with Gasteiger partial charge in [-0.3, -0.25) is 4.79 Å². The second-order valence-corrected chi connectivity index (χ2v) is 2.30. The van der Waals surface area contributed by atoms with Crippen molar-refractivity contribution < 1.29 is 19.0 Å². The SMILES string of the molecule is COCCOCCOC(=O)CS. The van der Waals surface area contributed by atoms with E-state index >= 15 is 0 Å². The molecule has 0 aromatic heterocycles. The van der Waals surface area contributed by atoms with Crippen molar-refractivity contribution in [3.05, 3.63) is 0 Å². The Balaban J connectivity index is 2.95. The Bertz CT molecular complexity index is 118. The molecule has 0 fully saturated rings. The summed E-state index contributed by atoms with van der Waals surface area (Å²) in [4.78, 5) is 10.5. The number of methoxy groups -OCH3 is 1. The molecule has 0 aliphatic rings. The Morgan fingerprint density at radius 2 is 1.92 bits per heavy atom. The second-order valence-electron chi connectivity index (χ2n) is 1.98. The molecule has 12 heavy (non-hydrogen) atoms. The van der Waals surface area contributed by atoms with Gasteiger partial charge < -0.3 is 14.2 Å². The zero-order chi connectivity index (χ0) is 9.23. The maximum Gasteiger partial charge on any atom is 0.315 e. The minimum absolute atomic E-state index is 0.109. The molecule has 0 saturated carbocycles. The van der Waals surface area contributed by atoms with Crippen LogP contribution in [0.25, 0.3) is 0 Å². The van der Waals surface area contributed by atoms with Gasteiger partial charge in [0.05, 0.1) is 25.6 Å².